The number of thiazole rings is 1. The number of allylic oxidation sites excluding steroid dienone is 2. The molecule has 0 unspecified atom stereocenters. The molecule has 6 rings (SSSR count). The molecule has 2 aliphatic rings. The second kappa shape index (κ2) is 8.35. The standard InChI is InChI=1S/C29H23FN4OS/c1-17-21-14-13-20-25(19-11-7-8-12-22(19)30)33-34(27(20)29(21,2)15-23(31-3)26(17)35)28-32-24(16-36-28)18-9-5-4-6-10-18/h4-12,15-17,21H,13-14H2,1-2H3/t17-,21-,29-/m1/s1. The molecule has 36 heavy (non-hydrogen) atoms. The Bertz CT molecular complexity index is 1580. The van der Waals surface area contributed by atoms with Crippen LogP contribution in [0.25, 0.3) is 32.5 Å². The summed E-state index contributed by atoms with van der Waals surface area (Å²) in [6.45, 7) is 11.6. The van der Waals surface area contributed by atoms with Crippen LogP contribution in [0.3, 0.4) is 0 Å². The Hall–Kier alpha value is -3.89. The number of nitrogens with zero attached hydrogens (tertiary/aromatic N) is 4. The summed E-state index contributed by atoms with van der Waals surface area (Å²) in [5, 5.41) is 7.64. The first-order valence-corrected chi connectivity index (χ1v) is 12.8. The van der Waals surface area contributed by atoms with E-state index in [4.69, 9.17) is 16.7 Å². The van der Waals surface area contributed by atoms with Crippen LogP contribution in [0.5, 0.6) is 0 Å². The molecule has 5 nitrogen and oxygen atoms in total. The lowest BCUT2D eigenvalue weighted by atomic mass is 9.58. The Morgan fingerprint density at radius 2 is 1.92 bits per heavy atom. The van der Waals surface area contributed by atoms with Gasteiger partial charge >= 0.3 is 0 Å². The molecule has 0 spiro atoms. The van der Waals surface area contributed by atoms with E-state index >= 15 is 0 Å². The molecule has 2 aromatic heterocycles. The largest absolute Gasteiger partial charge is 0.308 e. The van der Waals surface area contributed by atoms with Gasteiger partial charge in [0.2, 0.25) is 10.8 Å². The summed E-state index contributed by atoms with van der Waals surface area (Å²) in [4.78, 5) is 21.4. The van der Waals surface area contributed by atoms with E-state index < -0.39 is 5.41 Å². The second-order valence-corrected chi connectivity index (χ2v) is 10.5. The van der Waals surface area contributed by atoms with E-state index in [1.54, 1.807) is 12.1 Å². The number of hydrogen-bond acceptors (Lipinski definition) is 4. The minimum absolute atomic E-state index is 0.0143. The SMILES string of the molecule is [C-]#[N+]C1=C[C@@]2(C)c3c(c(-c4ccccc4F)nn3-c3nc(-c4ccccc4)cs3)CC[C@@H]2[C@@H](C)C1=O. The van der Waals surface area contributed by atoms with Crippen molar-refractivity contribution in [1.82, 2.24) is 14.8 Å². The molecule has 4 aromatic rings. The molecule has 2 aromatic carbocycles. The van der Waals surface area contributed by atoms with E-state index in [2.05, 4.69) is 11.8 Å². The van der Waals surface area contributed by atoms with Crippen LogP contribution in [0.4, 0.5) is 4.39 Å². The predicted molar refractivity (Wildman–Crippen MR) is 138 cm³/mol. The van der Waals surface area contributed by atoms with Crippen molar-refractivity contribution in [2.75, 3.05) is 0 Å². The summed E-state index contributed by atoms with van der Waals surface area (Å²) in [7, 11) is 0. The van der Waals surface area contributed by atoms with Gasteiger partial charge in [-0.15, -0.1) is 11.3 Å². The average molecular weight is 495 g/mol. The molecule has 0 N–H and O–H groups in total. The monoisotopic (exact) mass is 494 g/mol. The highest BCUT2D eigenvalue weighted by Gasteiger charge is 2.51. The van der Waals surface area contributed by atoms with Gasteiger partial charge in [-0.3, -0.25) is 0 Å². The Morgan fingerprint density at radius 1 is 1.17 bits per heavy atom. The first kappa shape index (κ1) is 22.6. The van der Waals surface area contributed by atoms with E-state index in [9.17, 15) is 9.18 Å². The zero-order chi connectivity index (χ0) is 25.0. The van der Waals surface area contributed by atoms with Crippen molar-refractivity contribution in [3.8, 4) is 27.6 Å². The van der Waals surface area contributed by atoms with Crippen LogP contribution in [0.1, 0.15) is 31.5 Å². The summed E-state index contributed by atoms with van der Waals surface area (Å²) in [6.07, 6.45) is 3.26. The Morgan fingerprint density at radius 3 is 2.67 bits per heavy atom. The normalized spacial score (nSPS) is 22.9. The molecule has 0 amide bonds. The van der Waals surface area contributed by atoms with E-state index in [1.165, 1.54) is 17.4 Å². The number of carbonyl (C=O) groups excluding carboxylic acids is 1. The molecule has 7 heteroatoms. The number of carbonyl (C=O) groups is 1. The van der Waals surface area contributed by atoms with Crippen LogP contribution >= 0.6 is 11.3 Å². The van der Waals surface area contributed by atoms with Crippen LogP contribution in [0, 0.1) is 24.2 Å². The number of rotatable bonds is 3. The van der Waals surface area contributed by atoms with Crippen LogP contribution in [-0.2, 0) is 16.6 Å². The fraction of sp³-hybridized carbons (Fsp3) is 0.241. The number of Topliss-reactive ketones (excluding diaryl/α,β-unsaturated/α-hetero) is 1. The summed E-state index contributed by atoms with van der Waals surface area (Å²) < 4.78 is 16.8. The topological polar surface area (TPSA) is 52.1 Å². The molecule has 2 heterocycles. The van der Waals surface area contributed by atoms with Crippen molar-refractivity contribution >= 4 is 17.1 Å². The van der Waals surface area contributed by atoms with Gasteiger partial charge in [-0.1, -0.05) is 62.4 Å². The smallest absolute Gasteiger partial charge is 0.226 e. The Balaban J connectivity index is 1.62. The Kier molecular flexibility index (Phi) is 5.24. The summed E-state index contributed by atoms with van der Waals surface area (Å²) in [5.74, 6) is -0.697. The second-order valence-electron chi connectivity index (χ2n) is 9.67. The van der Waals surface area contributed by atoms with Gasteiger partial charge in [0.25, 0.3) is 0 Å². The number of aromatic nitrogens is 3. The maximum Gasteiger partial charge on any atom is 0.226 e. The molecule has 0 radical (unpaired) electrons. The van der Waals surface area contributed by atoms with Crippen LogP contribution in [0.15, 0.2) is 71.8 Å². The van der Waals surface area contributed by atoms with Crippen molar-refractivity contribution in [2.24, 2.45) is 11.8 Å². The van der Waals surface area contributed by atoms with Crippen molar-refractivity contribution in [1.29, 1.82) is 0 Å². The fourth-order valence-corrected chi connectivity index (χ4v) is 6.72. The van der Waals surface area contributed by atoms with Crippen LogP contribution < -0.4 is 0 Å². The van der Waals surface area contributed by atoms with Gasteiger partial charge in [0.05, 0.1) is 23.7 Å². The first-order chi connectivity index (χ1) is 17.4. The highest BCUT2D eigenvalue weighted by Crippen LogP contribution is 2.52. The molecule has 178 valence electrons. The zero-order valence-corrected chi connectivity index (χ0v) is 20.7. The molecule has 0 aliphatic heterocycles. The third kappa shape index (κ3) is 3.29. The fourth-order valence-electron chi connectivity index (χ4n) is 5.93. The third-order valence-corrected chi connectivity index (χ3v) is 8.48. The molecule has 2 aliphatic carbocycles. The lowest BCUT2D eigenvalue weighted by molar-refractivity contribution is -0.121. The number of ketones is 1. The molecular weight excluding hydrogens is 471 g/mol. The number of halogens is 1. The van der Waals surface area contributed by atoms with E-state index in [-0.39, 0.29) is 29.1 Å². The third-order valence-electron chi connectivity index (χ3n) is 7.67. The number of benzene rings is 2. The maximum atomic E-state index is 15.0. The van der Waals surface area contributed by atoms with Crippen molar-refractivity contribution in [2.45, 2.75) is 32.1 Å². The summed E-state index contributed by atoms with van der Waals surface area (Å²) in [6, 6.07) is 16.6. The van der Waals surface area contributed by atoms with E-state index in [0.717, 1.165) is 28.9 Å². The van der Waals surface area contributed by atoms with Crippen molar-refractivity contribution in [3.05, 3.63) is 100 Å². The lowest BCUT2D eigenvalue weighted by Gasteiger charge is -2.45. The molecule has 0 saturated heterocycles. The number of fused-ring (bicyclic) bond motifs is 3. The molecule has 0 fully saturated rings. The number of hydrogen-bond donors (Lipinski definition) is 0. The van der Waals surface area contributed by atoms with Gasteiger partial charge in [-0.05, 0) is 30.9 Å². The predicted octanol–water partition coefficient (Wildman–Crippen LogP) is 6.64. The molecule has 0 bridgehead atoms. The minimum Gasteiger partial charge on any atom is -0.308 e. The van der Waals surface area contributed by atoms with Crippen LogP contribution in [0.2, 0.25) is 0 Å². The van der Waals surface area contributed by atoms with Crippen molar-refractivity contribution in [3.63, 3.8) is 0 Å². The van der Waals surface area contributed by atoms with Gasteiger partial charge in [0, 0.05) is 33.4 Å². The molecule has 3 atom stereocenters. The van der Waals surface area contributed by atoms with Gasteiger partial charge < -0.3 is 4.79 Å². The molecule has 0 saturated carbocycles. The summed E-state index contributed by atoms with van der Waals surface area (Å²) >= 11 is 1.48. The first-order valence-electron chi connectivity index (χ1n) is 12.0. The summed E-state index contributed by atoms with van der Waals surface area (Å²) in [5.41, 5.74) is 4.30. The van der Waals surface area contributed by atoms with Gasteiger partial charge in [-0.25, -0.2) is 18.9 Å². The van der Waals surface area contributed by atoms with E-state index in [1.807, 2.05) is 59.5 Å². The van der Waals surface area contributed by atoms with Gasteiger partial charge in [0.1, 0.15) is 5.82 Å². The highest BCUT2D eigenvalue weighted by atomic mass is 32.1. The zero-order valence-electron chi connectivity index (χ0n) is 19.9. The molecular formula is C29H23FN4OS. The highest BCUT2D eigenvalue weighted by molar-refractivity contribution is 7.12. The van der Waals surface area contributed by atoms with Gasteiger partial charge in [-0.2, -0.15) is 5.10 Å². The Labute approximate surface area is 212 Å². The van der Waals surface area contributed by atoms with Crippen LogP contribution in [-0.4, -0.2) is 20.5 Å². The van der Waals surface area contributed by atoms with Crippen molar-refractivity contribution < 1.29 is 9.18 Å². The lowest BCUT2D eigenvalue weighted by Crippen LogP contribution is -2.46. The quantitative estimate of drug-likeness (QED) is 0.300. The average Bonchev–Trinajstić information content (AvgIpc) is 3.53. The van der Waals surface area contributed by atoms with Gasteiger partial charge in [0.15, 0.2) is 5.78 Å². The maximum absolute atomic E-state index is 15.0. The minimum atomic E-state index is -0.615. The van der Waals surface area contributed by atoms with E-state index in [0.29, 0.717) is 22.8 Å².